The van der Waals surface area contributed by atoms with Gasteiger partial charge in [-0.3, -0.25) is 4.79 Å². The van der Waals surface area contributed by atoms with Crippen molar-refractivity contribution in [1.82, 2.24) is 4.98 Å². The zero-order valence-corrected chi connectivity index (χ0v) is 9.36. The molecule has 0 fully saturated rings. The summed E-state index contributed by atoms with van der Waals surface area (Å²) in [6, 6.07) is 4.33. The fourth-order valence-corrected chi connectivity index (χ4v) is 2.41. The van der Waals surface area contributed by atoms with Gasteiger partial charge in [0.2, 0.25) is 5.78 Å². The molecule has 2 nitrogen and oxygen atoms in total. The largest absolute Gasteiger partial charge is 0.291 e. The van der Waals surface area contributed by atoms with Crippen molar-refractivity contribution >= 4 is 43.3 Å². The van der Waals surface area contributed by atoms with Gasteiger partial charge in [-0.05, 0) is 12.1 Å². The topological polar surface area (TPSA) is 30.0 Å². The number of halogens is 2. The zero-order chi connectivity index (χ0) is 10.1. The molecule has 0 radical (unpaired) electrons. The zero-order valence-electron chi connectivity index (χ0n) is 6.96. The minimum absolute atomic E-state index is 0.0772. The van der Waals surface area contributed by atoms with Crippen LogP contribution in [0.3, 0.4) is 0 Å². The summed E-state index contributed by atoms with van der Waals surface area (Å²) in [5, 5.41) is 0.664. The molecule has 0 atom stereocenters. The first-order valence-corrected chi connectivity index (χ1v) is 5.80. The number of hydrogen-bond acceptors (Lipinski definition) is 3. The van der Waals surface area contributed by atoms with Gasteiger partial charge >= 0.3 is 0 Å². The lowest BCUT2D eigenvalue weighted by Crippen LogP contribution is -1.97. The number of Topliss-reactive ketones (excluding diaryl/α,β-unsaturated/α-hetero) is 1. The molecule has 0 saturated carbocycles. The molecule has 0 aliphatic rings. The van der Waals surface area contributed by atoms with Gasteiger partial charge in [0.15, 0.2) is 5.01 Å². The smallest absolute Gasteiger partial charge is 0.201 e. The average molecular weight is 274 g/mol. The van der Waals surface area contributed by atoms with Crippen molar-refractivity contribution in [3.05, 3.63) is 29.0 Å². The first kappa shape index (κ1) is 9.73. The molecule has 0 saturated heterocycles. The Labute approximate surface area is 91.9 Å². The average Bonchev–Trinajstić information content (AvgIpc) is 2.59. The van der Waals surface area contributed by atoms with E-state index >= 15 is 0 Å². The van der Waals surface area contributed by atoms with E-state index < -0.39 is 0 Å². The highest BCUT2D eigenvalue weighted by Gasteiger charge is 2.10. The van der Waals surface area contributed by atoms with E-state index in [9.17, 15) is 9.18 Å². The molecule has 1 heterocycles. The molecule has 0 unspecified atom stereocenters. The molecular weight excluding hydrogens is 269 g/mol. The lowest BCUT2D eigenvalue weighted by atomic mass is 10.3. The van der Waals surface area contributed by atoms with Crippen LogP contribution in [0.4, 0.5) is 4.39 Å². The molecule has 72 valence electrons. The molecule has 0 N–H and O–H groups in total. The summed E-state index contributed by atoms with van der Waals surface area (Å²) >= 11 is 4.35. The van der Waals surface area contributed by atoms with E-state index in [1.54, 1.807) is 6.07 Å². The Morgan fingerprint density at radius 1 is 1.57 bits per heavy atom. The van der Waals surface area contributed by atoms with Crippen LogP contribution in [0.1, 0.15) is 9.80 Å². The molecule has 2 rings (SSSR count). The predicted octanol–water partition coefficient (Wildman–Crippen LogP) is 3.01. The van der Waals surface area contributed by atoms with Crippen LogP contribution in [-0.2, 0) is 0 Å². The van der Waals surface area contributed by atoms with Gasteiger partial charge in [0.05, 0.1) is 15.5 Å². The van der Waals surface area contributed by atoms with E-state index in [0.717, 1.165) is 4.70 Å². The highest BCUT2D eigenvalue weighted by molar-refractivity contribution is 9.09. The van der Waals surface area contributed by atoms with Crippen LogP contribution < -0.4 is 0 Å². The maximum absolute atomic E-state index is 12.8. The van der Waals surface area contributed by atoms with E-state index in [-0.39, 0.29) is 16.9 Å². The SMILES string of the molecule is O=C(CBr)c1nc2cc(F)ccc2s1. The van der Waals surface area contributed by atoms with Crippen LogP contribution in [0, 0.1) is 5.82 Å². The third kappa shape index (κ3) is 1.69. The van der Waals surface area contributed by atoms with E-state index in [1.807, 2.05) is 0 Å². The van der Waals surface area contributed by atoms with Crippen molar-refractivity contribution in [2.45, 2.75) is 0 Å². The highest BCUT2D eigenvalue weighted by atomic mass is 79.9. The lowest BCUT2D eigenvalue weighted by molar-refractivity contribution is 0.102. The quantitative estimate of drug-likeness (QED) is 0.622. The molecule has 5 heteroatoms. The summed E-state index contributed by atoms with van der Waals surface area (Å²) in [5.74, 6) is -0.410. The van der Waals surface area contributed by atoms with Gasteiger partial charge < -0.3 is 0 Å². The van der Waals surface area contributed by atoms with Crippen LogP contribution in [0.15, 0.2) is 18.2 Å². The molecule has 0 aliphatic carbocycles. The van der Waals surface area contributed by atoms with E-state index in [2.05, 4.69) is 20.9 Å². The number of benzene rings is 1. The Balaban J connectivity index is 2.56. The Bertz CT molecular complexity index is 497. The third-order valence-corrected chi connectivity index (χ3v) is 3.30. The van der Waals surface area contributed by atoms with Crippen LogP contribution >= 0.6 is 27.3 Å². The fraction of sp³-hybridized carbons (Fsp3) is 0.111. The Kier molecular flexibility index (Phi) is 2.60. The second-order valence-corrected chi connectivity index (χ2v) is 4.28. The molecule has 2 aromatic rings. The predicted molar refractivity (Wildman–Crippen MR) is 57.7 cm³/mol. The molecule has 0 amide bonds. The molecule has 1 aromatic heterocycles. The maximum atomic E-state index is 12.8. The number of alkyl halides is 1. The Morgan fingerprint density at radius 2 is 2.36 bits per heavy atom. The minimum atomic E-state index is -0.333. The number of hydrogen-bond donors (Lipinski definition) is 0. The summed E-state index contributed by atoms with van der Waals surface area (Å²) in [6.45, 7) is 0. The number of ketones is 1. The standard InChI is InChI=1S/C9H5BrFNOS/c10-4-7(13)9-12-6-3-5(11)1-2-8(6)14-9/h1-3H,4H2. The van der Waals surface area contributed by atoms with Crippen LogP contribution in [0.5, 0.6) is 0 Å². The summed E-state index contributed by atoms with van der Waals surface area (Å²) in [5.41, 5.74) is 0.541. The van der Waals surface area contributed by atoms with Crippen molar-refractivity contribution in [1.29, 1.82) is 0 Å². The normalized spacial score (nSPS) is 10.7. The van der Waals surface area contributed by atoms with E-state index in [0.29, 0.717) is 10.5 Å². The van der Waals surface area contributed by atoms with Gasteiger partial charge in [0.1, 0.15) is 5.82 Å². The van der Waals surface area contributed by atoms with E-state index in [4.69, 9.17) is 0 Å². The first-order valence-electron chi connectivity index (χ1n) is 3.86. The first-order chi connectivity index (χ1) is 6.70. The molecule has 0 bridgehead atoms. The number of nitrogens with zero attached hydrogens (tertiary/aromatic N) is 1. The number of aromatic nitrogens is 1. The number of rotatable bonds is 2. The van der Waals surface area contributed by atoms with Crippen molar-refractivity contribution in [3.63, 3.8) is 0 Å². The minimum Gasteiger partial charge on any atom is -0.291 e. The van der Waals surface area contributed by atoms with E-state index in [1.165, 1.54) is 23.5 Å². The lowest BCUT2D eigenvalue weighted by Gasteiger charge is -1.85. The summed E-state index contributed by atoms with van der Waals surface area (Å²) in [7, 11) is 0. The number of carbonyl (C=O) groups is 1. The van der Waals surface area contributed by atoms with Crippen molar-refractivity contribution in [2.24, 2.45) is 0 Å². The second kappa shape index (κ2) is 3.74. The third-order valence-electron chi connectivity index (χ3n) is 1.71. The summed E-state index contributed by atoms with van der Waals surface area (Å²) in [4.78, 5) is 15.3. The van der Waals surface area contributed by atoms with Crippen LogP contribution in [0.25, 0.3) is 10.2 Å². The molecule has 0 aliphatic heterocycles. The molecule has 14 heavy (non-hydrogen) atoms. The van der Waals surface area contributed by atoms with Crippen LogP contribution in [0.2, 0.25) is 0 Å². The maximum Gasteiger partial charge on any atom is 0.201 e. The van der Waals surface area contributed by atoms with Gasteiger partial charge in [-0.15, -0.1) is 11.3 Å². The Hall–Kier alpha value is -0.810. The molecular formula is C9H5BrFNOS. The fourth-order valence-electron chi connectivity index (χ4n) is 1.08. The van der Waals surface area contributed by atoms with Gasteiger partial charge in [-0.1, -0.05) is 15.9 Å². The number of fused-ring (bicyclic) bond motifs is 1. The van der Waals surface area contributed by atoms with Crippen molar-refractivity contribution in [3.8, 4) is 0 Å². The van der Waals surface area contributed by atoms with Gasteiger partial charge in [-0.25, -0.2) is 9.37 Å². The second-order valence-electron chi connectivity index (χ2n) is 2.69. The number of carbonyl (C=O) groups excluding carboxylic acids is 1. The van der Waals surface area contributed by atoms with Crippen molar-refractivity contribution < 1.29 is 9.18 Å². The van der Waals surface area contributed by atoms with Gasteiger partial charge in [0, 0.05) is 6.07 Å². The van der Waals surface area contributed by atoms with Crippen LogP contribution in [-0.4, -0.2) is 16.1 Å². The summed E-state index contributed by atoms with van der Waals surface area (Å²) < 4.78 is 13.6. The van der Waals surface area contributed by atoms with Gasteiger partial charge in [-0.2, -0.15) is 0 Å². The molecule has 1 aromatic carbocycles. The number of thiazole rings is 1. The molecule has 0 spiro atoms. The summed E-state index contributed by atoms with van der Waals surface area (Å²) in [6.07, 6.45) is 0. The van der Waals surface area contributed by atoms with Crippen molar-refractivity contribution in [2.75, 3.05) is 5.33 Å². The monoisotopic (exact) mass is 273 g/mol. The van der Waals surface area contributed by atoms with Gasteiger partial charge in [0.25, 0.3) is 0 Å². The Morgan fingerprint density at radius 3 is 3.07 bits per heavy atom. The highest BCUT2D eigenvalue weighted by Crippen LogP contribution is 2.23.